The van der Waals surface area contributed by atoms with Crippen LogP contribution in [0.25, 0.3) is 0 Å². The van der Waals surface area contributed by atoms with Crippen LogP contribution in [0.5, 0.6) is 0 Å². The van der Waals surface area contributed by atoms with E-state index in [1.165, 1.54) is 0 Å². The third kappa shape index (κ3) is 1.76. The number of nitrogens with one attached hydrogen (secondary N) is 2. The van der Waals surface area contributed by atoms with Gasteiger partial charge in [-0.2, -0.15) is 0 Å². The highest BCUT2D eigenvalue weighted by Crippen LogP contribution is 2.08. The summed E-state index contributed by atoms with van der Waals surface area (Å²) in [6.07, 6.45) is 6.10. The highest BCUT2D eigenvalue weighted by atomic mass is 16.2. The van der Waals surface area contributed by atoms with Crippen LogP contribution >= 0.6 is 0 Å². The minimum Gasteiger partial charge on any atom is -0.341 e. The van der Waals surface area contributed by atoms with Gasteiger partial charge in [-0.15, -0.1) is 0 Å². The molecule has 0 spiro atoms. The summed E-state index contributed by atoms with van der Waals surface area (Å²) in [5, 5.41) is 5.33. The molecule has 0 radical (unpaired) electrons. The first-order valence-electron chi connectivity index (χ1n) is 3.46. The predicted molar refractivity (Wildman–Crippen MR) is 39.8 cm³/mol. The Morgan fingerprint density at radius 2 is 2.10 bits per heavy atom. The molecule has 56 valence electrons. The van der Waals surface area contributed by atoms with E-state index in [2.05, 4.69) is 22.8 Å². The molecule has 0 unspecified atom stereocenters. The Morgan fingerprint density at radius 3 is 2.60 bits per heavy atom. The number of carbonyl (C=O) groups is 1. The molecule has 0 saturated heterocycles. The first-order chi connectivity index (χ1) is 4.83. The van der Waals surface area contributed by atoms with Gasteiger partial charge >= 0.3 is 6.03 Å². The quantitative estimate of drug-likeness (QED) is 0.515. The standard InChI is InChI=1S/C7H12N2O/c1-8-7(10)9-6-4-2-3-5-6/h2-3,6H,4-5H2,1H3,(H2,8,9,10). The van der Waals surface area contributed by atoms with Crippen molar-refractivity contribution in [3.63, 3.8) is 0 Å². The van der Waals surface area contributed by atoms with Crippen molar-refractivity contribution in [3.8, 4) is 0 Å². The Kier molecular flexibility index (Phi) is 2.31. The van der Waals surface area contributed by atoms with Crippen molar-refractivity contribution in [3.05, 3.63) is 12.2 Å². The molecular formula is C7H12N2O. The summed E-state index contributed by atoms with van der Waals surface area (Å²) in [5.41, 5.74) is 0. The molecule has 0 atom stereocenters. The van der Waals surface area contributed by atoms with E-state index in [9.17, 15) is 4.79 Å². The van der Waals surface area contributed by atoms with Gasteiger partial charge < -0.3 is 10.6 Å². The zero-order chi connectivity index (χ0) is 7.40. The fraction of sp³-hybridized carbons (Fsp3) is 0.571. The lowest BCUT2D eigenvalue weighted by Gasteiger charge is -2.10. The summed E-state index contributed by atoms with van der Waals surface area (Å²) in [5.74, 6) is 0. The number of amides is 2. The monoisotopic (exact) mass is 140 g/mol. The van der Waals surface area contributed by atoms with Gasteiger partial charge in [0.05, 0.1) is 0 Å². The SMILES string of the molecule is CNC(=O)NC1CC=CC1. The molecule has 1 rings (SSSR count). The minimum absolute atomic E-state index is 0.0892. The van der Waals surface area contributed by atoms with E-state index in [0.717, 1.165) is 12.8 Å². The largest absolute Gasteiger partial charge is 0.341 e. The van der Waals surface area contributed by atoms with Gasteiger partial charge in [-0.3, -0.25) is 0 Å². The van der Waals surface area contributed by atoms with E-state index in [1.807, 2.05) is 0 Å². The summed E-state index contributed by atoms with van der Waals surface area (Å²) >= 11 is 0. The molecule has 0 saturated carbocycles. The van der Waals surface area contributed by atoms with Crippen molar-refractivity contribution in [1.82, 2.24) is 10.6 Å². The first kappa shape index (κ1) is 7.12. The average molecular weight is 140 g/mol. The van der Waals surface area contributed by atoms with Crippen LogP contribution in [0.1, 0.15) is 12.8 Å². The lowest BCUT2D eigenvalue weighted by Crippen LogP contribution is -2.39. The van der Waals surface area contributed by atoms with Crippen LogP contribution in [0.2, 0.25) is 0 Å². The third-order valence-corrected chi connectivity index (χ3v) is 1.57. The summed E-state index contributed by atoms with van der Waals surface area (Å²) in [6, 6.07) is 0.230. The minimum atomic E-state index is -0.0892. The molecule has 0 aromatic heterocycles. The highest BCUT2D eigenvalue weighted by Gasteiger charge is 2.10. The molecule has 3 nitrogen and oxygen atoms in total. The zero-order valence-corrected chi connectivity index (χ0v) is 6.05. The zero-order valence-electron chi connectivity index (χ0n) is 6.05. The Morgan fingerprint density at radius 1 is 1.50 bits per heavy atom. The Balaban J connectivity index is 2.19. The van der Waals surface area contributed by atoms with Crippen LogP contribution in [0, 0.1) is 0 Å². The van der Waals surface area contributed by atoms with Crippen molar-refractivity contribution >= 4 is 6.03 Å². The number of hydrogen-bond acceptors (Lipinski definition) is 1. The van der Waals surface area contributed by atoms with Gasteiger partial charge in [-0.1, -0.05) is 12.2 Å². The van der Waals surface area contributed by atoms with Crippen LogP contribution < -0.4 is 10.6 Å². The van der Waals surface area contributed by atoms with Gasteiger partial charge in [-0.05, 0) is 12.8 Å². The van der Waals surface area contributed by atoms with E-state index in [0.29, 0.717) is 6.04 Å². The molecule has 1 aliphatic rings. The molecule has 0 heterocycles. The maximum atomic E-state index is 10.7. The fourth-order valence-electron chi connectivity index (χ4n) is 0.993. The Labute approximate surface area is 60.5 Å². The number of rotatable bonds is 1. The lowest BCUT2D eigenvalue weighted by molar-refractivity contribution is 0.239. The molecule has 0 aromatic rings. The maximum absolute atomic E-state index is 10.7. The van der Waals surface area contributed by atoms with Crippen molar-refractivity contribution in [1.29, 1.82) is 0 Å². The second-order valence-electron chi connectivity index (χ2n) is 2.36. The second-order valence-corrected chi connectivity index (χ2v) is 2.36. The van der Waals surface area contributed by atoms with E-state index in [1.54, 1.807) is 7.05 Å². The normalized spacial score (nSPS) is 17.3. The molecular weight excluding hydrogens is 128 g/mol. The second kappa shape index (κ2) is 3.25. The van der Waals surface area contributed by atoms with Gasteiger partial charge in [0.25, 0.3) is 0 Å². The van der Waals surface area contributed by atoms with Crippen molar-refractivity contribution < 1.29 is 4.79 Å². The topological polar surface area (TPSA) is 41.1 Å². The summed E-state index contributed by atoms with van der Waals surface area (Å²) in [7, 11) is 1.62. The van der Waals surface area contributed by atoms with Gasteiger partial charge in [-0.25, -0.2) is 4.79 Å². The lowest BCUT2D eigenvalue weighted by atomic mass is 10.2. The van der Waals surface area contributed by atoms with E-state index in [4.69, 9.17) is 0 Å². The Hall–Kier alpha value is -0.990. The molecule has 10 heavy (non-hydrogen) atoms. The molecule has 0 aliphatic heterocycles. The fourth-order valence-corrected chi connectivity index (χ4v) is 0.993. The van der Waals surface area contributed by atoms with Crippen molar-refractivity contribution in [2.75, 3.05) is 7.05 Å². The number of urea groups is 1. The molecule has 2 amide bonds. The molecule has 1 aliphatic carbocycles. The van der Waals surface area contributed by atoms with Gasteiger partial charge in [0.15, 0.2) is 0 Å². The van der Waals surface area contributed by atoms with Crippen LogP contribution in [-0.2, 0) is 0 Å². The van der Waals surface area contributed by atoms with Crippen molar-refractivity contribution in [2.45, 2.75) is 18.9 Å². The van der Waals surface area contributed by atoms with Crippen LogP contribution in [0.3, 0.4) is 0 Å². The molecule has 0 fully saturated rings. The van der Waals surface area contributed by atoms with Crippen LogP contribution in [0.4, 0.5) is 4.79 Å². The number of hydrogen-bond donors (Lipinski definition) is 2. The van der Waals surface area contributed by atoms with E-state index < -0.39 is 0 Å². The first-order valence-corrected chi connectivity index (χ1v) is 3.46. The average Bonchev–Trinajstić information content (AvgIpc) is 2.40. The molecule has 3 heteroatoms. The van der Waals surface area contributed by atoms with E-state index >= 15 is 0 Å². The summed E-state index contributed by atoms with van der Waals surface area (Å²) in [6.45, 7) is 0. The smallest absolute Gasteiger partial charge is 0.314 e. The predicted octanol–water partition coefficient (Wildman–Crippen LogP) is 0.634. The van der Waals surface area contributed by atoms with Crippen LogP contribution in [-0.4, -0.2) is 19.1 Å². The summed E-state index contributed by atoms with van der Waals surface area (Å²) in [4.78, 5) is 10.7. The Bertz CT molecular complexity index is 146. The van der Waals surface area contributed by atoms with Crippen LogP contribution in [0.15, 0.2) is 12.2 Å². The third-order valence-electron chi connectivity index (χ3n) is 1.57. The highest BCUT2D eigenvalue weighted by molar-refractivity contribution is 5.73. The van der Waals surface area contributed by atoms with Gasteiger partial charge in [0, 0.05) is 13.1 Å². The van der Waals surface area contributed by atoms with Gasteiger partial charge in [0.2, 0.25) is 0 Å². The molecule has 0 bridgehead atoms. The summed E-state index contributed by atoms with van der Waals surface area (Å²) < 4.78 is 0. The van der Waals surface area contributed by atoms with Crippen molar-refractivity contribution in [2.24, 2.45) is 0 Å². The maximum Gasteiger partial charge on any atom is 0.314 e. The molecule has 0 aromatic carbocycles. The van der Waals surface area contributed by atoms with E-state index in [-0.39, 0.29) is 6.03 Å². The number of carbonyl (C=O) groups excluding carboxylic acids is 1. The van der Waals surface area contributed by atoms with Gasteiger partial charge in [0.1, 0.15) is 0 Å². The molecule has 2 N–H and O–H groups in total.